The summed E-state index contributed by atoms with van der Waals surface area (Å²) in [4.78, 5) is 11.5. The van der Waals surface area contributed by atoms with Crippen LogP contribution in [0.4, 0.5) is 0 Å². The molecular weight excluding hydrogens is 196 g/mol. The van der Waals surface area contributed by atoms with E-state index in [0.29, 0.717) is 6.42 Å². The van der Waals surface area contributed by atoms with Gasteiger partial charge in [-0.25, -0.2) is 0 Å². The van der Waals surface area contributed by atoms with Gasteiger partial charge in [0.2, 0.25) is 0 Å². The third-order valence-electron chi connectivity index (χ3n) is 3.44. The minimum absolute atomic E-state index is 0.170. The third kappa shape index (κ3) is 2.41. The number of allylic oxidation sites excluding steroid dienone is 2. The Morgan fingerprint density at radius 2 is 1.88 bits per heavy atom. The molecule has 0 amide bonds. The second-order valence-corrected chi connectivity index (χ2v) is 5.18. The van der Waals surface area contributed by atoms with Gasteiger partial charge in [0, 0.05) is 6.42 Å². The average molecular weight is 214 g/mol. The molecule has 1 aromatic rings. The molecule has 1 aromatic carbocycles. The van der Waals surface area contributed by atoms with Crippen molar-refractivity contribution < 1.29 is 4.79 Å². The third-order valence-corrected chi connectivity index (χ3v) is 3.44. The van der Waals surface area contributed by atoms with Gasteiger partial charge in [0.25, 0.3) is 0 Å². The smallest absolute Gasteiger partial charge is 0.155 e. The summed E-state index contributed by atoms with van der Waals surface area (Å²) < 4.78 is 0. The molecule has 0 aliphatic heterocycles. The molecule has 1 aliphatic rings. The first-order chi connectivity index (χ1) is 7.58. The molecule has 84 valence electrons. The van der Waals surface area contributed by atoms with Gasteiger partial charge in [0.05, 0.1) is 0 Å². The molecule has 0 N–H and O–H groups in total. The number of carbonyl (C=O) groups is 1. The van der Waals surface area contributed by atoms with Crippen LogP contribution >= 0.6 is 0 Å². The minimum atomic E-state index is 0.170. The highest BCUT2D eigenvalue weighted by Gasteiger charge is 2.28. The first-order valence-electron chi connectivity index (χ1n) is 5.86. The molecule has 1 aliphatic carbocycles. The van der Waals surface area contributed by atoms with Crippen LogP contribution in [-0.2, 0) is 11.2 Å². The lowest BCUT2D eigenvalue weighted by Gasteiger charge is -2.31. The quantitative estimate of drug-likeness (QED) is 0.736. The summed E-state index contributed by atoms with van der Waals surface area (Å²) >= 11 is 0. The molecule has 2 rings (SSSR count). The number of hydrogen-bond acceptors (Lipinski definition) is 1. The van der Waals surface area contributed by atoms with Gasteiger partial charge in [-0.05, 0) is 29.9 Å². The van der Waals surface area contributed by atoms with E-state index in [1.807, 2.05) is 24.3 Å². The predicted octanol–water partition coefficient (Wildman–Crippen LogP) is 3.54. The Kier molecular flexibility index (Phi) is 2.95. The molecule has 0 aromatic heterocycles. The van der Waals surface area contributed by atoms with Crippen molar-refractivity contribution in [3.63, 3.8) is 0 Å². The lowest BCUT2D eigenvalue weighted by atomic mass is 9.73. The van der Waals surface area contributed by atoms with Gasteiger partial charge in [-0.15, -0.1) is 0 Å². The van der Waals surface area contributed by atoms with E-state index >= 15 is 0 Å². The highest BCUT2D eigenvalue weighted by atomic mass is 16.1. The average Bonchev–Trinajstić information content (AvgIpc) is 2.26. The summed E-state index contributed by atoms with van der Waals surface area (Å²) in [6.45, 7) is 4.46. The van der Waals surface area contributed by atoms with Gasteiger partial charge < -0.3 is 0 Å². The monoisotopic (exact) mass is 214 g/mol. The van der Waals surface area contributed by atoms with Gasteiger partial charge in [0.1, 0.15) is 0 Å². The largest absolute Gasteiger partial charge is 0.295 e. The molecule has 1 nitrogen and oxygen atoms in total. The molecule has 0 unspecified atom stereocenters. The Labute approximate surface area is 97.2 Å². The topological polar surface area (TPSA) is 17.1 Å². The second kappa shape index (κ2) is 4.25. The first kappa shape index (κ1) is 11.1. The molecule has 16 heavy (non-hydrogen) atoms. The van der Waals surface area contributed by atoms with Crippen LogP contribution in [0.2, 0.25) is 0 Å². The molecule has 0 saturated heterocycles. The van der Waals surface area contributed by atoms with E-state index in [1.54, 1.807) is 0 Å². The molecule has 0 fully saturated rings. The van der Waals surface area contributed by atoms with Crippen molar-refractivity contribution in [1.29, 1.82) is 0 Å². The lowest BCUT2D eigenvalue weighted by Crippen LogP contribution is -2.23. The number of hydrogen-bond donors (Lipinski definition) is 0. The SMILES string of the molecule is CC1(C)CCC(=O)C=C1Cc1ccccc1. The van der Waals surface area contributed by atoms with Gasteiger partial charge in [-0.3, -0.25) is 4.79 Å². The van der Waals surface area contributed by atoms with Gasteiger partial charge in [0.15, 0.2) is 5.78 Å². The van der Waals surface area contributed by atoms with Crippen LogP contribution in [0.15, 0.2) is 42.0 Å². The Bertz CT molecular complexity index is 412. The van der Waals surface area contributed by atoms with E-state index in [1.165, 1.54) is 11.1 Å². The molecule has 0 spiro atoms. The van der Waals surface area contributed by atoms with Crippen molar-refractivity contribution in [1.82, 2.24) is 0 Å². The van der Waals surface area contributed by atoms with E-state index in [9.17, 15) is 4.79 Å². The van der Waals surface area contributed by atoms with Crippen LogP contribution in [-0.4, -0.2) is 5.78 Å². The summed E-state index contributed by atoms with van der Waals surface area (Å²) in [5.41, 5.74) is 2.73. The number of rotatable bonds is 2. The van der Waals surface area contributed by atoms with Crippen LogP contribution < -0.4 is 0 Å². The predicted molar refractivity (Wildman–Crippen MR) is 66.3 cm³/mol. The van der Waals surface area contributed by atoms with Crippen LogP contribution in [0, 0.1) is 5.41 Å². The van der Waals surface area contributed by atoms with Gasteiger partial charge in [-0.2, -0.15) is 0 Å². The van der Waals surface area contributed by atoms with Crippen molar-refractivity contribution >= 4 is 5.78 Å². The van der Waals surface area contributed by atoms with E-state index in [0.717, 1.165) is 12.8 Å². The molecule has 0 atom stereocenters. The standard InChI is InChI=1S/C15H18O/c1-15(2)9-8-14(16)11-13(15)10-12-6-4-3-5-7-12/h3-7,11H,8-10H2,1-2H3. The lowest BCUT2D eigenvalue weighted by molar-refractivity contribution is -0.115. The zero-order valence-electron chi connectivity index (χ0n) is 9.99. The van der Waals surface area contributed by atoms with E-state index in [2.05, 4.69) is 26.0 Å². The Morgan fingerprint density at radius 1 is 1.19 bits per heavy atom. The molecule has 0 saturated carbocycles. The maximum absolute atomic E-state index is 11.5. The first-order valence-corrected chi connectivity index (χ1v) is 5.86. The Hall–Kier alpha value is -1.37. The molecule has 0 radical (unpaired) electrons. The zero-order chi connectivity index (χ0) is 11.6. The van der Waals surface area contributed by atoms with E-state index < -0.39 is 0 Å². The number of carbonyl (C=O) groups excluding carboxylic acids is 1. The van der Waals surface area contributed by atoms with Gasteiger partial charge >= 0.3 is 0 Å². The van der Waals surface area contributed by atoms with Gasteiger partial charge in [-0.1, -0.05) is 49.8 Å². The summed E-state index contributed by atoms with van der Waals surface area (Å²) in [6, 6.07) is 10.4. The highest BCUT2D eigenvalue weighted by molar-refractivity contribution is 5.91. The fraction of sp³-hybridized carbons (Fsp3) is 0.400. The number of benzene rings is 1. The normalized spacial score (nSPS) is 19.4. The van der Waals surface area contributed by atoms with Crippen molar-refractivity contribution in [3.8, 4) is 0 Å². The zero-order valence-corrected chi connectivity index (χ0v) is 9.99. The van der Waals surface area contributed by atoms with Crippen LogP contribution in [0.3, 0.4) is 0 Å². The van der Waals surface area contributed by atoms with E-state index in [-0.39, 0.29) is 11.2 Å². The van der Waals surface area contributed by atoms with Crippen LogP contribution in [0.25, 0.3) is 0 Å². The Balaban J connectivity index is 2.23. The maximum Gasteiger partial charge on any atom is 0.155 e. The van der Waals surface area contributed by atoms with Crippen molar-refractivity contribution in [2.45, 2.75) is 33.1 Å². The minimum Gasteiger partial charge on any atom is -0.295 e. The molecule has 0 heterocycles. The molecular formula is C15H18O. The van der Waals surface area contributed by atoms with E-state index in [4.69, 9.17) is 0 Å². The summed E-state index contributed by atoms with van der Waals surface area (Å²) in [5, 5.41) is 0. The van der Waals surface area contributed by atoms with Crippen LogP contribution in [0.1, 0.15) is 32.3 Å². The van der Waals surface area contributed by atoms with Crippen molar-refractivity contribution in [2.24, 2.45) is 5.41 Å². The molecule has 0 bridgehead atoms. The second-order valence-electron chi connectivity index (χ2n) is 5.18. The fourth-order valence-corrected chi connectivity index (χ4v) is 2.16. The van der Waals surface area contributed by atoms with Crippen molar-refractivity contribution in [2.75, 3.05) is 0 Å². The number of ketones is 1. The fourth-order valence-electron chi connectivity index (χ4n) is 2.16. The summed E-state index contributed by atoms with van der Waals surface area (Å²) in [7, 11) is 0. The van der Waals surface area contributed by atoms with Crippen LogP contribution in [0.5, 0.6) is 0 Å². The Morgan fingerprint density at radius 3 is 2.56 bits per heavy atom. The van der Waals surface area contributed by atoms with Crippen molar-refractivity contribution in [3.05, 3.63) is 47.5 Å². The highest BCUT2D eigenvalue weighted by Crippen LogP contribution is 2.37. The maximum atomic E-state index is 11.5. The molecule has 1 heteroatoms. The summed E-state index contributed by atoms with van der Waals surface area (Å²) in [6.07, 6.45) is 4.44. The summed E-state index contributed by atoms with van der Waals surface area (Å²) in [5.74, 6) is 0.283.